The minimum atomic E-state index is -0.916. The third kappa shape index (κ3) is 8.24. The molecule has 2 N–H and O–H groups in total. The molecule has 1 aliphatic rings. The Morgan fingerprint density at radius 2 is 1.73 bits per heavy atom. The third-order valence-electron chi connectivity index (χ3n) is 6.62. The van der Waals surface area contributed by atoms with Gasteiger partial charge in [0.25, 0.3) is 0 Å². The Bertz CT molecular complexity index is 862. The van der Waals surface area contributed by atoms with Gasteiger partial charge in [0.2, 0.25) is 0 Å². The van der Waals surface area contributed by atoms with Crippen molar-refractivity contribution in [2.45, 2.75) is 70.3 Å². The van der Waals surface area contributed by atoms with Gasteiger partial charge in [0.1, 0.15) is 0 Å². The van der Waals surface area contributed by atoms with E-state index in [2.05, 4.69) is 41.7 Å². The van der Waals surface area contributed by atoms with E-state index >= 15 is 0 Å². The van der Waals surface area contributed by atoms with Gasteiger partial charge in [0.05, 0.1) is 4.99 Å². The van der Waals surface area contributed by atoms with Gasteiger partial charge in [0.15, 0.2) is 6.10 Å². The molecule has 5 heteroatoms. The molecular weight excluding hydrogens is 430 g/mol. The summed E-state index contributed by atoms with van der Waals surface area (Å²) in [6.45, 7) is 3.20. The van der Waals surface area contributed by atoms with Crippen molar-refractivity contribution in [3.05, 3.63) is 71.3 Å². The lowest BCUT2D eigenvalue weighted by molar-refractivity contribution is -0.149. The number of aryl methyl sites for hydroxylation is 1. The standard InChI is InChI=1S/C28H37NO3S/c1-2-32-26(28(30)31)19-22-15-13-21(14-16-22)17-18-25(24-11-7-4-8-12-24)27(33)29-20-23-9-5-3-6-10-23/h4,7-8,11-16,23,25-26H,2-3,5-6,9-10,17-20H2,1H3,(H,29,33)(H,30,31)/t25-,26+/m1/s1. The number of carboxylic acids is 1. The lowest BCUT2D eigenvalue weighted by Gasteiger charge is -2.25. The molecule has 0 bridgehead atoms. The van der Waals surface area contributed by atoms with Gasteiger partial charge in [-0.05, 0) is 55.2 Å². The highest BCUT2D eigenvalue weighted by Crippen LogP contribution is 2.26. The molecule has 0 heterocycles. The van der Waals surface area contributed by atoms with Crippen molar-refractivity contribution in [3.8, 4) is 0 Å². The van der Waals surface area contributed by atoms with Crippen LogP contribution in [0, 0.1) is 5.92 Å². The Kier molecular flexibility index (Phi) is 10.4. The van der Waals surface area contributed by atoms with Gasteiger partial charge >= 0.3 is 5.97 Å². The van der Waals surface area contributed by atoms with E-state index in [9.17, 15) is 9.90 Å². The van der Waals surface area contributed by atoms with Crippen LogP contribution in [-0.4, -0.2) is 35.3 Å². The van der Waals surface area contributed by atoms with Gasteiger partial charge < -0.3 is 15.2 Å². The van der Waals surface area contributed by atoms with E-state index in [-0.39, 0.29) is 5.92 Å². The molecule has 2 atom stereocenters. The quantitative estimate of drug-likeness (QED) is 0.379. The Morgan fingerprint density at radius 1 is 1.06 bits per heavy atom. The van der Waals surface area contributed by atoms with Gasteiger partial charge in [-0.1, -0.05) is 86.1 Å². The van der Waals surface area contributed by atoms with Gasteiger partial charge in [-0.2, -0.15) is 0 Å². The third-order valence-corrected chi connectivity index (χ3v) is 7.05. The van der Waals surface area contributed by atoms with Crippen molar-refractivity contribution >= 4 is 23.2 Å². The first-order valence-electron chi connectivity index (χ1n) is 12.3. The Balaban J connectivity index is 1.59. The highest BCUT2D eigenvalue weighted by atomic mass is 32.1. The molecule has 3 rings (SSSR count). The number of hydrogen-bond donors (Lipinski definition) is 2. The first-order chi connectivity index (χ1) is 16.1. The molecular formula is C28H37NO3S. The lowest BCUT2D eigenvalue weighted by atomic mass is 9.88. The van der Waals surface area contributed by atoms with Crippen LogP contribution in [0.15, 0.2) is 54.6 Å². The minimum absolute atomic E-state index is 0.193. The van der Waals surface area contributed by atoms with E-state index in [1.165, 1.54) is 43.2 Å². The Morgan fingerprint density at radius 3 is 2.36 bits per heavy atom. The highest BCUT2D eigenvalue weighted by molar-refractivity contribution is 7.80. The molecule has 4 nitrogen and oxygen atoms in total. The molecule has 0 aliphatic heterocycles. The lowest BCUT2D eigenvalue weighted by Crippen LogP contribution is -2.33. The van der Waals surface area contributed by atoms with Crippen LogP contribution in [0.5, 0.6) is 0 Å². The summed E-state index contributed by atoms with van der Waals surface area (Å²) in [5.41, 5.74) is 3.47. The van der Waals surface area contributed by atoms with Crippen LogP contribution in [0.2, 0.25) is 0 Å². The van der Waals surface area contributed by atoms with Crippen LogP contribution in [0.1, 0.15) is 68.1 Å². The number of hydrogen-bond acceptors (Lipinski definition) is 3. The van der Waals surface area contributed by atoms with Crippen LogP contribution >= 0.6 is 12.2 Å². The summed E-state index contributed by atoms with van der Waals surface area (Å²) in [7, 11) is 0. The zero-order valence-electron chi connectivity index (χ0n) is 19.7. The molecule has 0 amide bonds. The highest BCUT2D eigenvalue weighted by Gasteiger charge is 2.20. The largest absolute Gasteiger partial charge is 0.479 e. The second-order valence-corrected chi connectivity index (χ2v) is 9.49. The van der Waals surface area contributed by atoms with Crippen LogP contribution < -0.4 is 5.32 Å². The predicted octanol–water partition coefficient (Wildman–Crippen LogP) is 5.93. The first kappa shape index (κ1) is 25.4. The molecule has 33 heavy (non-hydrogen) atoms. The molecule has 1 fully saturated rings. The molecule has 0 spiro atoms. The number of rotatable bonds is 12. The summed E-state index contributed by atoms with van der Waals surface area (Å²) >= 11 is 5.88. The SMILES string of the molecule is CCO[C@@H](Cc1ccc(CC[C@@H](C(=S)NCC2CCCCC2)c2ccccc2)cc1)C(=O)O. The molecule has 2 aromatic rings. The summed E-state index contributed by atoms with van der Waals surface area (Å²) in [4.78, 5) is 12.3. The fourth-order valence-corrected chi connectivity index (χ4v) is 5.02. The maximum absolute atomic E-state index is 11.3. The van der Waals surface area contributed by atoms with Crippen molar-refractivity contribution in [1.82, 2.24) is 5.32 Å². The van der Waals surface area contributed by atoms with Crippen molar-refractivity contribution in [2.75, 3.05) is 13.2 Å². The van der Waals surface area contributed by atoms with Crippen molar-refractivity contribution in [3.63, 3.8) is 0 Å². The molecule has 2 aromatic carbocycles. The summed E-state index contributed by atoms with van der Waals surface area (Å²) in [5, 5.41) is 12.9. The van der Waals surface area contributed by atoms with Crippen LogP contribution in [-0.2, 0) is 22.4 Å². The molecule has 0 saturated heterocycles. The summed E-state index contributed by atoms with van der Waals surface area (Å²) in [6.07, 6.45) is 8.11. The normalized spacial score (nSPS) is 16.2. The zero-order chi connectivity index (χ0) is 23.5. The number of carboxylic acid groups (broad SMARTS) is 1. The average Bonchev–Trinajstić information content (AvgIpc) is 2.85. The van der Waals surface area contributed by atoms with Crippen LogP contribution in [0.25, 0.3) is 0 Å². The van der Waals surface area contributed by atoms with Gasteiger partial charge in [-0.3, -0.25) is 0 Å². The minimum Gasteiger partial charge on any atom is -0.479 e. The van der Waals surface area contributed by atoms with Crippen LogP contribution in [0.4, 0.5) is 0 Å². The van der Waals surface area contributed by atoms with Crippen molar-refractivity contribution < 1.29 is 14.6 Å². The van der Waals surface area contributed by atoms with Crippen molar-refractivity contribution in [1.29, 1.82) is 0 Å². The number of benzene rings is 2. The van der Waals surface area contributed by atoms with E-state index in [0.29, 0.717) is 13.0 Å². The van der Waals surface area contributed by atoms with E-state index in [1.54, 1.807) is 0 Å². The molecule has 0 aromatic heterocycles. The number of ether oxygens (including phenoxy) is 1. The fraction of sp³-hybridized carbons (Fsp3) is 0.500. The smallest absolute Gasteiger partial charge is 0.333 e. The maximum atomic E-state index is 11.3. The second kappa shape index (κ2) is 13.5. The monoisotopic (exact) mass is 467 g/mol. The fourth-order valence-electron chi connectivity index (χ4n) is 4.68. The second-order valence-electron chi connectivity index (χ2n) is 9.05. The number of nitrogens with one attached hydrogen (secondary N) is 1. The van der Waals surface area contributed by atoms with Gasteiger partial charge in [0, 0.05) is 25.5 Å². The predicted molar refractivity (Wildman–Crippen MR) is 138 cm³/mol. The average molecular weight is 468 g/mol. The summed E-state index contributed by atoms with van der Waals surface area (Å²) < 4.78 is 5.34. The van der Waals surface area contributed by atoms with Crippen LogP contribution in [0.3, 0.4) is 0 Å². The maximum Gasteiger partial charge on any atom is 0.333 e. The van der Waals surface area contributed by atoms with Gasteiger partial charge in [-0.25, -0.2) is 4.79 Å². The van der Waals surface area contributed by atoms with E-state index in [1.807, 2.05) is 25.1 Å². The van der Waals surface area contributed by atoms with E-state index < -0.39 is 12.1 Å². The Hall–Kier alpha value is -2.24. The number of carbonyl (C=O) groups is 1. The number of thiocarbonyl (C=S) groups is 1. The van der Waals surface area contributed by atoms with E-state index in [4.69, 9.17) is 17.0 Å². The molecule has 0 radical (unpaired) electrons. The van der Waals surface area contributed by atoms with Gasteiger partial charge in [-0.15, -0.1) is 0 Å². The molecule has 0 unspecified atom stereocenters. The zero-order valence-corrected chi connectivity index (χ0v) is 20.5. The summed E-state index contributed by atoms with van der Waals surface area (Å²) in [6, 6.07) is 18.8. The molecule has 1 saturated carbocycles. The number of aliphatic carboxylic acids is 1. The first-order valence-corrected chi connectivity index (χ1v) is 12.7. The Labute approximate surface area is 203 Å². The van der Waals surface area contributed by atoms with E-state index in [0.717, 1.165) is 35.9 Å². The topological polar surface area (TPSA) is 58.6 Å². The molecule has 178 valence electrons. The van der Waals surface area contributed by atoms with Crippen molar-refractivity contribution in [2.24, 2.45) is 5.92 Å². The summed E-state index contributed by atoms with van der Waals surface area (Å²) in [5.74, 6) is 0.0201. The molecule has 1 aliphatic carbocycles.